The van der Waals surface area contributed by atoms with Gasteiger partial charge < -0.3 is 15.3 Å². The first-order chi connectivity index (χ1) is 10.3. The fourth-order valence-corrected chi connectivity index (χ4v) is 3.96. The summed E-state index contributed by atoms with van der Waals surface area (Å²) in [5.41, 5.74) is -0.214. The fourth-order valence-electron chi connectivity index (χ4n) is 3.96. The lowest BCUT2D eigenvalue weighted by Crippen LogP contribution is -2.58. The van der Waals surface area contributed by atoms with Crippen LogP contribution in [0, 0.1) is 11.3 Å². The van der Waals surface area contributed by atoms with Crippen molar-refractivity contribution in [3.63, 3.8) is 0 Å². The van der Waals surface area contributed by atoms with Crippen molar-refractivity contribution >= 4 is 6.03 Å². The smallest absolute Gasteiger partial charge is 0.317 e. The minimum Gasteiger partial charge on any atom is -0.389 e. The second-order valence-corrected chi connectivity index (χ2v) is 8.39. The highest BCUT2D eigenvalue weighted by Crippen LogP contribution is 2.60. The Kier molecular flexibility index (Phi) is 4.14. The number of nitrogens with zero attached hydrogens (tertiary/aromatic N) is 2. The summed E-state index contributed by atoms with van der Waals surface area (Å²) >= 11 is 0. The summed E-state index contributed by atoms with van der Waals surface area (Å²) in [5, 5.41) is 13.1. The molecule has 2 saturated carbocycles. The molecule has 1 saturated heterocycles. The number of carbonyl (C=O) groups excluding carboxylic acids is 1. The molecule has 0 aromatic carbocycles. The zero-order valence-corrected chi connectivity index (χ0v) is 14.3. The molecule has 22 heavy (non-hydrogen) atoms. The molecule has 5 nitrogen and oxygen atoms in total. The first kappa shape index (κ1) is 16.1. The third-order valence-electron chi connectivity index (χ3n) is 5.51. The van der Waals surface area contributed by atoms with Crippen molar-refractivity contribution in [2.24, 2.45) is 11.3 Å². The van der Waals surface area contributed by atoms with E-state index in [1.807, 2.05) is 18.7 Å². The predicted octanol–water partition coefficient (Wildman–Crippen LogP) is 1.66. The molecule has 0 aromatic rings. The highest BCUT2D eigenvalue weighted by Gasteiger charge is 2.53. The summed E-state index contributed by atoms with van der Waals surface area (Å²) in [7, 11) is 0. The molecular formula is C17H31N3O2. The van der Waals surface area contributed by atoms with Gasteiger partial charge in [0, 0.05) is 38.8 Å². The van der Waals surface area contributed by atoms with Crippen LogP contribution in [0.15, 0.2) is 0 Å². The van der Waals surface area contributed by atoms with Gasteiger partial charge >= 0.3 is 6.03 Å². The molecule has 0 radical (unpaired) electrons. The van der Waals surface area contributed by atoms with Crippen LogP contribution in [0.2, 0.25) is 0 Å². The van der Waals surface area contributed by atoms with E-state index >= 15 is 0 Å². The number of nitrogens with one attached hydrogen (secondary N) is 1. The van der Waals surface area contributed by atoms with Crippen LogP contribution in [0.3, 0.4) is 0 Å². The Bertz CT molecular complexity index is 424. The molecule has 2 amide bonds. The Hall–Kier alpha value is -0.810. The Balaban J connectivity index is 1.45. The van der Waals surface area contributed by atoms with Gasteiger partial charge in [0.1, 0.15) is 0 Å². The number of piperazine rings is 1. The lowest BCUT2D eigenvalue weighted by atomic mass is 10.0. The maximum absolute atomic E-state index is 12.5. The number of hydrogen-bond donors (Lipinski definition) is 2. The van der Waals surface area contributed by atoms with E-state index in [1.54, 1.807) is 0 Å². The van der Waals surface area contributed by atoms with Crippen LogP contribution in [0.25, 0.3) is 0 Å². The van der Waals surface area contributed by atoms with Crippen molar-refractivity contribution in [2.75, 3.05) is 32.7 Å². The maximum Gasteiger partial charge on any atom is 0.317 e. The van der Waals surface area contributed by atoms with E-state index in [0.29, 0.717) is 12.0 Å². The summed E-state index contributed by atoms with van der Waals surface area (Å²) in [4.78, 5) is 16.7. The van der Waals surface area contributed by atoms with Gasteiger partial charge in [0.2, 0.25) is 0 Å². The molecule has 0 spiro atoms. The van der Waals surface area contributed by atoms with Gasteiger partial charge in [-0.15, -0.1) is 0 Å². The van der Waals surface area contributed by atoms with Gasteiger partial charge in [-0.25, -0.2) is 4.79 Å². The average molecular weight is 309 g/mol. The summed E-state index contributed by atoms with van der Waals surface area (Å²) in [6.07, 6.45) is 5.32. The third kappa shape index (κ3) is 3.74. The summed E-state index contributed by atoms with van der Waals surface area (Å²) in [5.74, 6) is 0.883. The normalized spacial score (nSPS) is 28.5. The Morgan fingerprint density at radius 3 is 2.50 bits per heavy atom. The SMILES string of the molecule is C[C@H]1CN(CC(C)(C)O)CCN1C(=O)NCC1(C2CC2)CC1. The van der Waals surface area contributed by atoms with E-state index in [9.17, 15) is 9.90 Å². The summed E-state index contributed by atoms with van der Waals surface area (Å²) in [6.45, 7) is 9.74. The van der Waals surface area contributed by atoms with E-state index in [-0.39, 0.29) is 12.1 Å². The maximum atomic E-state index is 12.5. The van der Waals surface area contributed by atoms with Crippen LogP contribution >= 0.6 is 0 Å². The molecule has 1 atom stereocenters. The van der Waals surface area contributed by atoms with Gasteiger partial charge in [0.05, 0.1) is 5.60 Å². The van der Waals surface area contributed by atoms with Crippen LogP contribution < -0.4 is 5.32 Å². The number of urea groups is 1. The first-order valence-corrected chi connectivity index (χ1v) is 8.78. The second kappa shape index (κ2) is 5.68. The average Bonchev–Trinajstić information content (AvgIpc) is 3.26. The monoisotopic (exact) mass is 309 g/mol. The van der Waals surface area contributed by atoms with Crippen LogP contribution in [0.4, 0.5) is 4.79 Å². The number of hydrogen-bond acceptors (Lipinski definition) is 3. The molecule has 5 heteroatoms. The summed E-state index contributed by atoms with van der Waals surface area (Å²) in [6, 6.07) is 0.300. The zero-order valence-electron chi connectivity index (χ0n) is 14.3. The summed E-state index contributed by atoms with van der Waals surface area (Å²) < 4.78 is 0. The lowest BCUT2D eigenvalue weighted by molar-refractivity contribution is 0.0118. The molecule has 0 aromatic heterocycles. The molecule has 1 heterocycles. The predicted molar refractivity (Wildman–Crippen MR) is 86.7 cm³/mol. The molecule has 3 rings (SSSR count). The van der Waals surface area contributed by atoms with Crippen molar-refractivity contribution in [1.29, 1.82) is 0 Å². The molecule has 126 valence electrons. The number of β-amino-alcohol motifs (C(OH)–C–C–N with tert-alkyl or cyclic N) is 1. The first-order valence-electron chi connectivity index (χ1n) is 8.78. The highest BCUT2D eigenvalue weighted by molar-refractivity contribution is 5.74. The van der Waals surface area contributed by atoms with Crippen LogP contribution in [0.1, 0.15) is 46.5 Å². The quantitative estimate of drug-likeness (QED) is 0.812. The Labute approximate surface area is 134 Å². The second-order valence-electron chi connectivity index (χ2n) is 8.39. The van der Waals surface area contributed by atoms with E-state index in [0.717, 1.165) is 32.1 Å². The van der Waals surface area contributed by atoms with Crippen LogP contribution in [-0.4, -0.2) is 65.3 Å². The van der Waals surface area contributed by atoms with Crippen molar-refractivity contribution in [3.05, 3.63) is 0 Å². The minimum atomic E-state index is -0.674. The largest absolute Gasteiger partial charge is 0.389 e. The van der Waals surface area contributed by atoms with Gasteiger partial charge in [0.15, 0.2) is 0 Å². The van der Waals surface area contributed by atoms with Crippen LogP contribution in [-0.2, 0) is 0 Å². The van der Waals surface area contributed by atoms with E-state index < -0.39 is 5.60 Å². The molecule has 2 aliphatic carbocycles. The molecular weight excluding hydrogens is 278 g/mol. The number of amides is 2. The van der Waals surface area contributed by atoms with Gasteiger partial charge in [-0.2, -0.15) is 0 Å². The zero-order chi connectivity index (χ0) is 16.0. The van der Waals surface area contributed by atoms with Gasteiger partial charge in [-0.1, -0.05) is 0 Å². The van der Waals surface area contributed by atoms with E-state index in [1.165, 1.54) is 25.7 Å². The molecule has 1 aliphatic heterocycles. The fraction of sp³-hybridized carbons (Fsp3) is 0.941. The molecule has 0 unspecified atom stereocenters. The molecule has 0 bridgehead atoms. The lowest BCUT2D eigenvalue weighted by Gasteiger charge is -2.41. The Morgan fingerprint density at radius 2 is 2.00 bits per heavy atom. The molecule has 3 fully saturated rings. The molecule has 2 N–H and O–H groups in total. The topological polar surface area (TPSA) is 55.8 Å². The van der Waals surface area contributed by atoms with Gasteiger partial charge in [0.25, 0.3) is 0 Å². The highest BCUT2D eigenvalue weighted by atomic mass is 16.3. The minimum absolute atomic E-state index is 0.0994. The van der Waals surface area contributed by atoms with Gasteiger partial charge in [-0.05, 0) is 57.8 Å². The third-order valence-corrected chi connectivity index (χ3v) is 5.51. The number of carbonyl (C=O) groups is 1. The van der Waals surface area contributed by atoms with Gasteiger partial charge in [-0.3, -0.25) is 4.90 Å². The standard InChI is InChI=1S/C17H31N3O2/c1-13-10-19(12-16(2,3)22)8-9-20(13)15(21)18-11-17(6-7-17)14-4-5-14/h13-14,22H,4-12H2,1-3H3,(H,18,21)/t13-/m0/s1. The Morgan fingerprint density at radius 1 is 1.32 bits per heavy atom. The van der Waals surface area contributed by atoms with Crippen molar-refractivity contribution in [3.8, 4) is 0 Å². The van der Waals surface area contributed by atoms with Crippen molar-refractivity contribution in [1.82, 2.24) is 15.1 Å². The van der Waals surface area contributed by atoms with Crippen molar-refractivity contribution < 1.29 is 9.90 Å². The van der Waals surface area contributed by atoms with E-state index in [4.69, 9.17) is 0 Å². The molecule has 3 aliphatic rings. The van der Waals surface area contributed by atoms with Crippen LogP contribution in [0.5, 0.6) is 0 Å². The van der Waals surface area contributed by atoms with Crippen molar-refractivity contribution in [2.45, 2.75) is 58.1 Å². The number of rotatable bonds is 5. The number of aliphatic hydroxyl groups is 1. The van der Waals surface area contributed by atoms with E-state index in [2.05, 4.69) is 17.1 Å².